The van der Waals surface area contributed by atoms with E-state index in [0.717, 1.165) is 25.7 Å². The van der Waals surface area contributed by atoms with Gasteiger partial charge in [-0.3, -0.25) is 4.79 Å². The van der Waals surface area contributed by atoms with Crippen molar-refractivity contribution in [2.45, 2.75) is 37.6 Å². The Hall–Kier alpha value is -2.36. The molecule has 3 aliphatic rings. The van der Waals surface area contributed by atoms with Gasteiger partial charge in [-0.25, -0.2) is 4.79 Å². The van der Waals surface area contributed by atoms with E-state index in [9.17, 15) is 14.7 Å². The number of carboxylic acid groups (broad SMARTS) is 1. The van der Waals surface area contributed by atoms with E-state index in [-0.39, 0.29) is 23.7 Å². The second-order valence-corrected chi connectivity index (χ2v) is 8.18. The summed E-state index contributed by atoms with van der Waals surface area (Å²) in [4.78, 5) is 26.6. The lowest BCUT2D eigenvalue weighted by Gasteiger charge is -2.24. The molecule has 2 saturated carbocycles. The van der Waals surface area contributed by atoms with Crippen LogP contribution in [0, 0.1) is 17.8 Å². The number of nitrogens with zero attached hydrogens (tertiary/aromatic N) is 1. The Balaban J connectivity index is 1.36. The second-order valence-electron chi connectivity index (χ2n) is 8.18. The van der Waals surface area contributed by atoms with Gasteiger partial charge in [0.1, 0.15) is 6.04 Å². The highest BCUT2D eigenvalue weighted by atomic mass is 16.4. The van der Waals surface area contributed by atoms with Gasteiger partial charge in [-0.2, -0.15) is 0 Å². The van der Waals surface area contributed by atoms with Crippen LogP contribution in [0.5, 0.6) is 0 Å². The minimum Gasteiger partial charge on any atom is -0.480 e. The van der Waals surface area contributed by atoms with Crippen molar-refractivity contribution in [2.75, 3.05) is 6.54 Å². The molecule has 2 aromatic carbocycles. The number of hydrogen-bond donors (Lipinski definition) is 1. The third-order valence-electron chi connectivity index (χ3n) is 6.74. The van der Waals surface area contributed by atoms with Crippen LogP contribution < -0.4 is 0 Å². The molecule has 0 spiro atoms. The monoisotopic (exact) mass is 349 g/mol. The number of amides is 1. The summed E-state index contributed by atoms with van der Waals surface area (Å²) >= 11 is 0. The predicted molar refractivity (Wildman–Crippen MR) is 98.8 cm³/mol. The van der Waals surface area contributed by atoms with Crippen molar-refractivity contribution in [3.05, 3.63) is 48.0 Å². The molecule has 0 aromatic heterocycles. The lowest BCUT2D eigenvalue weighted by atomic mass is 9.94. The lowest BCUT2D eigenvalue weighted by Crippen LogP contribution is -2.44. The Bertz CT molecular complexity index is 892. The lowest BCUT2D eigenvalue weighted by molar-refractivity contribution is -0.150. The zero-order valence-corrected chi connectivity index (χ0v) is 14.7. The maximum atomic E-state index is 13.1. The summed E-state index contributed by atoms with van der Waals surface area (Å²) in [6.07, 6.45) is 3.96. The highest BCUT2D eigenvalue weighted by molar-refractivity contribution is 5.89. The summed E-state index contributed by atoms with van der Waals surface area (Å²) in [7, 11) is 0. The summed E-state index contributed by atoms with van der Waals surface area (Å²) < 4.78 is 0. The predicted octanol–water partition coefficient (Wildman–Crippen LogP) is 3.66. The molecule has 4 heteroatoms. The molecule has 26 heavy (non-hydrogen) atoms. The summed E-state index contributed by atoms with van der Waals surface area (Å²) in [6, 6.07) is 14.1. The topological polar surface area (TPSA) is 57.6 Å². The van der Waals surface area contributed by atoms with E-state index >= 15 is 0 Å². The van der Waals surface area contributed by atoms with Crippen molar-refractivity contribution in [1.82, 2.24) is 4.90 Å². The van der Waals surface area contributed by atoms with Crippen LogP contribution in [-0.2, 0) is 9.59 Å². The van der Waals surface area contributed by atoms with E-state index in [4.69, 9.17) is 0 Å². The molecular weight excluding hydrogens is 326 g/mol. The molecule has 1 N–H and O–H groups in total. The van der Waals surface area contributed by atoms with Gasteiger partial charge in [-0.05, 0) is 53.4 Å². The van der Waals surface area contributed by atoms with Gasteiger partial charge in [0.05, 0.1) is 0 Å². The van der Waals surface area contributed by atoms with Crippen LogP contribution in [0.2, 0.25) is 0 Å². The van der Waals surface area contributed by atoms with E-state index in [0.29, 0.717) is 12.5 Å². The SMILES string of the molecule is O=C(O)C1C2CCCC2CN1C(=O)C1CC1c1ccc2ccccc2c1. The van der Waals surface area contributed by atoms with Crippen LogP contribution in [0.25, 0.3) is 10.8 Å². The zero-order chi connectivity index (χ0) is 17.8. The quantitative estimate of drug-likeness (QED) is 0.920. The molecular formula is C22H23NO3. The largest absolute Gasteiger partial charge is 0.480 e. The standard InChI is InChI=1S/C22H23NO3/c24-21(23-12-16-6-3-7-17(16)20(23)22(25)26)19-11-18(19)15-9-8-13-4-1-2-5-14(13)10-15/h1-2,4-5,8-10,16-20H,3,6-7,11-12H2,(H,25,26). The van der Waals surface area contributed by atoms with Gasteiger partial charge in [0.25, 0.3) is 0 Å². The summed E-state index contributed by atoms with van der Waals surface area (Å²) in [6.45, 7) is 0.640. The first kappa shape index (κ1) is 15.9. The van der Waals surface area contributed by atoms with Gasteiger partial charge in [-0.15, -0.1) is 0 Å². The van der Waals surface area contributed by atoms with Crippen LogP contribution >= 0.6 is 0 Å². The molecule has 1 heterocycles. The first-order valence-corrected chi connectivity index (χ1v) is 9.65. The molecule has 0 radical (unpaired) electrons. The van der Waals surface area contributed by atoms with E-state index in [2.05, 4.69) is 30.3 Å². The Morgan fingerprint density at radius 1 is 1.04 bits per heavy atom. The molecule has 4 nitrogen and oxygen atoms in total. The molecule has 1 saturated heterocycles. The van der Waals surface area contributed by atoms with Crippen LogP contribution in [-0.4, -0.2) is 34.5 Å². The number of rotatable bonds is 3. The van der Waals surface area contributed by atoms with Crippen molar-refractivity contribution in [3.8, 4) is 0 Å². The average molecular weight is 349 g/mol. The zero-order valence-electron chi connectivity index (χ0n) is 14.7. The second kappa shape index (κ2) is 5.83. The number of carbonyl (C=O) groups excluding carboxylic acids is 1. The Morgan fingerprint density at radius 2 is 1.85 bits per heavy atom. The molecule has 3 fully saturated rings. The molecule has 5 atom stereocenters. The molecule has 134 valence electrons. The molecule has 1 amide bonds. The highest BCUT2D eigenvalue weighted by Gasteiger charge is 2.54. The molecule has 2 aromatic rings. The number of carbonyl (C=O) groups is 2. The number of benzene rings is 2. The fraction of sp³-hybridized carbons (Fsp3) is 0.455. The number of fused-ring (bicyclic) bond motifs is 2. The number of carboxylic acids is 1. The van der Waals surface area contributed by atoms with E-state index in [1.165, 1.54) is 16.3 Å². The number of hydrogen-bond acceptors (Lipinski definition) is 2. The van der Waals surface area contributed by atoms with Crippen LogP contribution in [0.4, 0.5) is 0 Å². The maximum Gasteiger partial charge on any atom is 0.326 e. The Labute approximate surface area is 152 Å². The fourth-order valence-corrected chi connectivity index (χ4v) is 5.34. The first-order valence-electron chi connectivity index (χ1n) is 9.65. The third kappa shape index (κ3) is 2.43. The number of likely N-dealkylation sites (tertiary alicyclic amines) is 1. The van der Waals surface area contributed by atoms with Crippen molar-refractivity contribution in [1.29, 1.82) is 0 Å². The molecule has 5 rings (SSSR count). The van der Waals surface area contributed by atoms with Crippen molar-refractivity contribution in [3.63, 3.8) is 0 Å². The first-order chi connectivity index (χ1) is 12.6. The summed E-state index contributed by atoms with van der Waals surface area (Å²) in [5.74, 6) is -0.0216. The minimum absolute atomic E-state index is 0.0446. The maximum absolute atomic E-state index is 13.1. The number of aliphatic carboxylic acids is 1. The third-order valence-corrected chi connectivity index (χ3v) is 6.74. The van der Waals surface area contributed by atoms with Gasteiger partial charge >= 0.3 is 5.97 Å². The van der Waals surface area contributed by atoms with E-state index in [1.807, 2.05) is 12.1 Å². The Kier molecular flexibility index (Phi) is 3.56. The van der Waals surface area contributed by atoms with Crippen molar-refractivity contribution >= 4 is 22.6 Å². The van der Waals surface area contributed by atoms with Crippen LogP contribution in [0.1, 0.15) is 37.2 Å². The molecule has 0 bridgehead atoms. The molecule has 5 unspecified atom stereocenters. The summed E-state index contributed by atoms with van der Waals surface area (Å²) in [5, 5.41) is 12.1. The summed E-state index contributed by atoms with van der Waals surface area (Å²) in [5.41, 5.74) is 1.20. The van der Waals surface area contributed by atoms with Crippen molar-refractivity contribution < 1.29 is 14.7 Å². The smallest absolute Gasteiger partial charge is 0.326 e. The van der Waals surface area contributed by atoms with Gasteiger partial charge in [0.2, 0.25) is 5.91 Å². The van der Waals surface area contributed by atoms with Crippen LogP contribution in [0.3, 0.4) is 0 Å². The van der Waals surface area contributed by atoms with Crippen molar-refractivity contribution in [2.24, 2.45) is 17.8 Å². The minimum atomic E-state index is -0.823. The average Bonchev–Trinajstić information content (AvgIpc) is 3.17. The molecule has 2 aliphatic carbocycles. The van der Waals surface area contributed by atoms with Gasteiger partial charge in [-0.1, -0.05) is 48.9 Å². The Morgan fingerprint density at radius 3 is 2.65 bits per heavy atom. The van der Waals surface area contributed by atoms with Gasteiger partial charge in [0.15, 0.2) is 0 Å². The van der Waals surface area contributed by atoms with Crippen LogP contribution in [0.15, 0.2) is 42.5 Å². The fourth-order valence-electron chi connectivity index (χ4n) is 5.34. The highest BCUT2D eigenvalue weighted by Crippen LogP contribution is 2.51. The van der Waals surface area contributed by atoms with Gasteiger partial charge < -0.3 is 10.0 Å². The van der Waals surface area contributed by atoms with Gasteiger partial charge in [0, 0.05) is 12.5 Å². The van der Waals surface area contributed by atoms with E-state index in [1.54, 1.807) is 4.90 Å². The molecule has 1 aliphatic heterocycles. The van der Waals surface area contributed by atoms with E-state index < -0.39 is 12.0 Å². The normalized spacial score (nSPS) is 32.6.